The van der Waals surface area contributed by atoms with Crippen LogP contribution in [0.25, 0.3) is 0 Å². The molecule has 1 fully saturated rings. The van der Waals surface area contributed by atoms with Crippen LogP contribution in [0, 0.1) is 0 Å². The lowest BCUT2D eigenvalue weighted by Gasteiger charge is -2.34. The van der Waals surface area contributed by atoms with Gasteiger partial charge in [0.15, 0.2) is 6.61 Å². The van der Waals surface area contributed by atoms with Gasteiger partial charge in [-0.3, -0.25) is 9.69 Å². The summed E-state index contributed by atoms with van der Waals surface area (Å²) in [5, 5.41) is 0. The van der Waals surface area contributed by atoms with Gasteiger partial charge in [0, 0.05) is 32.7 Å². The number of ether oxygens (including phenoxy) is 1. The first kappa shape index (κ1) is 19.9. The Morgan fingerprint density at radius 1 is 1.07 bits per heavy atom. The summed E-state index contributed by atoms with van der Waals surface area (Å²) < 4.78 is 6.65. The molecular weight excluding hydrogens is 404 g/mol. The van der Waals surface area contributed by atoms with E-state index < -0.39 is 0 Å². The van der Waals surface area contributed by atoms with E-state index in [1.54, 1.807) is 0 Å². The molecule has 0 unspecified atom stereocenters. The Morgan fingerprint density at radius 2 is 1.78 bits per heavy atom. The fraction of sp³-hybridized carbons (Fsp3) is 0.409. The van der Waals surface area contributed by atoms with Gasteiger partial charge in [0.05, 0.1) is 4.47 Å². The third kappa shape index (κ3) is 5.56. The van der Waals surface area contributed by atoms with Crippen LogP contribution in [-0.4, -0.2) is 48.5 Å². The molecule has 0 bridgehead atoms. The molecule has 4 nitrogen and oxygen atoms in total. The molecule has 0 saturated carbocycles. The van der Waals surface area contributed by atoms with Gasteiger partial charge in [-0.2, -0.15) is 0 Å². The SMILES string of the molecule is CC(C)c1ccc(OCC(=O)N2CCN(Cc3ccccc3)CC2)c(Br)c1. The number of nitrogens with zero attached hydrogens (tertiary/aromatic N) is 2. The molecule has 1 saturated heterocycles. The van der Waals surface area contributed by atoms with Crippen LogP contribution in [0.1, 0.15) is 30.9 Å². The minimum absolute atomic E-state index is 0.0502. The highest BCUT2D eigenvalue weighted by atomic mass is 79.9. The molecule has 0 radical (unpaired) electrons. The molecular formula is C22H27BrN2O2. The van der Waals surface area contributed by atoms with Crippen molar-refractivity contribution in [1.29, 1.82) is 0 Å². The first-order valence-corrected chi connectivity index (χ1v) is 10.3. The van der Waals surface area contributed by atoms with E-state index in [2.05, 4.69) is 71.1 Å². The van der Waals surface area contributed by atoms with Gasteiger partial charge in [0.2, 0.25) is 0 Å². The third-order valence-electron chi connectivity index (χ3n) is 4.95. The van der Waals surface area contributed by atoms with Crippen LogP contribution in [0.4, 0.5) is 0 Å². The van der Waals surface area contributed by atoms with Crippen molar-refractivity contribution < 1.29 is 9.53 Å². The Morgan fingerprint density at radius 3 is 2.41 bits per heavy atom. The molecule has 0 atom stereocenters. The molecule has 2 aromatic rings. The summed E-state index contributed by atoms with van der Waals surface area (Å²) in [5.74, 6) is 1.23. The van der Waals surface area contributed by atoms with Crippen LogP contribution in [0.3, 0.4) is 0 Å². The second-order valence-corrected chi connectivity index (χ2v) is 8.13. The highest BCUT2D eigenvalue weighted by Crippen LogP contribution is 2.29. The van der Waals surface area contributed by atoms with Gasteiger partial charge in [0.25, 0.3) is 5.91 Å². The lowest BCUT2D eigenvalue weighted by Crippen LogP contribution is -2.49. The first-order chi connectivity index (χ1) is 13.0. The predicted molar refractivity (Wildman–Crippen MR) is 112 cm³/mol. The maximum Gasteiger partial charge on any atom is 0.260 e. The Balaban J connectivity index is 1.46. The minimum atomic E-state index is 0.0502. The quantitative estimate of drug-likeness (QED) is 0.684. The van der Waals surface area contributed by atoms with Crippen LogP contribution >= 0.6 is 15.9 Å². The maximum atomic E-state index is 12.5. The van der Waals surface area contributed by atoms with Crippen LogP contribution in [0.15, 0.2) is 53.0 Å². The summed E-state index contributed by atoms with van der Waals surface area (Å²) in [6.45, 7) is 8.63. The van der Waals surface area contributed by atoms with Gasteiger partial charge in [-0.25, -0.2) is 0 Å². The normalized spacial score (nSPS) is 15.2. The number of carbonyl (C=O) groups excluding carboxylic acids is 1. The van der Waals surface area contributed by atoms with Crippen LogP contribution in [0.2, 0.25) is 0 Å². The molecule has 0 aliphatic carbocycles. The molecule has 1 aliphatic heterocycles. The zero-order chi connectivity index (χ0) is 19.2. The standard InChI is InChI=1S/C22H27BrN2O2/c1-17(2)19-8-9-21(20(23)14-19)27-16-22(26)25-12-10-24(11-13-25)15-18-6-4-3-5-7-18/h3-9,14,17H,10-13,15-16H2,1-2H3. The van der Waals surface area contributed by atoms with Gasteiger partial charge >= 0.3 is 0 Å². The van der Waals surface area contributed by atoms with Gasteiger partial charge in [-0.15, -0.1) is 0 Å². The van der Waals surface area contributed by atoms with E-state index >= 15 is 0 Å². The molecule has 3 rings (SSSR count). The molecule has 27 heavy (non-hydrogen) atoms. The number of benzene rings is 2. The summed E-state index contributed by atoms with van der Waals surface area (Å²) in [6.07, 6.45) is 0. The molecule has 1 aliphatic rings. The van der Waals surface area contributed by atoms with E-state index in [0.29, 0.717) is 5.92 Å². The van der Waals surface area contributed by atoms with Gasteiger partial charge in [-0.05, 0) is 45.1 Å². The van der Waals surface area contributed by atoms with Crippen LogP contribution in [-0.2, 0) is 11.3 Å². The number of rotatable bonds is 6. The zero-order valence-corrected chi connectivity index (χ0v) is 17.6. The maximum absolute atomic E-state index is 12.5. The Bertz CT molecular complexity index is 756. The molecule has 5 heteroatoms. The monoisotopic (exact) mass is 430 g/mol. The number of amides is 1. The number of carbonyl (C=O) groups is 1. The van der Waals surface area contributed by atoms with Crippen LogP contribution in [0.5, 0.6) is 5.75 Å². The van der Waals surface area contributed by atoms with Crippen molar-refractivity contribution in [3.63, 3.8) is 0 Å². The summed E-state index contributed by atoms with van der Waals surface area (Å²) in [5.41, 5.74) is 2.56. The summed E-state index contributed by atoms with van der Waals surface area (Å²) in [4.78, 5) is 16.8. The van der Waals surface area contributed by atoms with Crippen molar-refractivity contribution in [3.8, 4) is 5.75 Å². The summed E-state index contributed by atoms with van der Waals surface area (Å²) >= 11 is 3.54. The third-order valence-corrected chi connectivity index (χ3v) is 5.57. The van der Waals surface area contributed by atoms with Crippen molar-refractivity contribution in [1.82, 2.24) is 9.80 Å². The van der Waals surface area contributed by atoms with E-state index in [9.17, 15) is 4.79 Å². The molecule has 144 valence electrons. The summed E-state index contributed by atoms with van der Waals surface area (Å²) in [6, 6.07) is 16.5. The van der Waals surface area contributed by atoms with Crippen molar-refractivity contribution in [2.75, 3.05) is 32.8 Å². The summed E-state index contributed by atoms with van der Waals surface area (Å²) in [7, 11) is 0. The Hall–Kier alpha value is -1.85. The molecule has 2 aromatic carbocycles. The molecule has 0 spiro atoms. The second kappa shape index (κ2) is 9.38. The Kier molecular flexibility index (Phi) is 6.91. The van der Waals surface area contributed by atoms with E-state index in [4.69, 9.17) is 4.74 Å². The number of hydrogen-bond acceptors (Lipinski definition) is 3. The minimum Gasteiger partial charge on any atom is -0.483 e. The fourth-order valence-electron chi connectivity index (χ4n) is 3.22. The largest absolute Gasteiger partial charge is 0.483 e. The lowest BCUT2D eigenvalue weighted by atomic mass is 10.0. The average molecular weight is 431 g/mol. The fourth-order valence-corrected chi connectivity index (χ4v) is 3.73. The molecule has 1 heterocycles. The smallest absolute Gasteiger partial charge is 0.260 e. The molecule has 1 amide bonds. The van der Waals surface area contributed by atoms with Crippen molar-refractivity contribution >= 4 is 21.8 Å². The zero-order valence-electron chi connectivity index (χ0n) is 16.0. The van der Waals surface area contributed by atoms with Gasteiger partial charge in [-0.1, -0.05) is 50.2 Å². The van der Waals surface area contributed by atoms with Crippen LogP contribution < -0.4 is 4.74 Å². The first-order valence-electron chi connectivity index (χ1n) is 9.49. The Labute approximate surface area is 170 Å². The van der Waals surface area contributed by atoms with E-state index in [1.165, 1.54) is 11.1 Å². The molecule has 0 aromatic heterocycles. The topological polar surface area (TPSA) is 32.8 Å². The lowest BCUT2D eigenvalue weighted by molar-refractivity contribution is -0.135. The predicted octanol–water partition coefficient (Wildman–Crippen LogP) is 4.30. The van der Waals surface area contributed by atoms with Crippen molar-refractivity contribution in [3.05, 3.63) is 64.1 Å². The average Bonchev–Trinajstić information content (AvgIpc) is 2.68. The highest BCUT2D eigenvalue weighted by molar-refractivity contribution is 9.10. The number of piperazine rings is 1. The number of hydrogen-bond donors (Lipinski definition) is 0. The van der Waals surface area contributed by atoms with Gasteiger partial charge in [0.1, 0.15) is 5.75 Å². The van der Waals surface area contributed by atoms with Crippen molar-refractivity contribution in [2.24, 2.45) is 0 Å². The van der Waals surface area contributed by atoms with Gasteiger partial charge < -0.3 is 9.64 Å². The molecule has 0 N–H and O–H groups in total. The van der Waals surface area contributed by atoms with Crippen molar-refractivity contribution in [2.45, 2.75) is 26.3 Å². The van der Waals surface area contributed by atoms with E-state index in [0.717, 1.165) is 42.9 Å². The number of halogens is 1. The highest BCUT2D eigenvalue weighted by Gasteiger charge is 2.21. The van der Waals surface area contributed by atoms with E-state index in [1.807, 2.05) is 17.0 Å². The second-order valence-electron chi connectivity index (χ2n) is 7.28. The van der Waals surface area contributed by atoms with E-state index in [-0.39, 0.29) is 12.5 Å².